The molecule has 0 radical (unpaired) electrons. The van der Waals surface area contributed by atoms with Gasteiger partial charge in [-0.3, -0.25) is 4.79 Å². The van der Waals surface area contributed by atoms with Gasteiger partial charge in [0.15, 0.2) is 10.8 Å². The number of aromatic nitrogens is 2. The van der Waals surface area contributed by atoms with Crippen LogP contribution in [0.2, 0.25) is 5.15 Å². The van der Waals surface area contributed by atoms with Gasteiger partial charge in [0.2, 0.25) is 0 Å². The Bertz CT molecular complexity index is 427. The Balaban J connectivity index is 1.85. The van der Waals surface area contributed by atoms with Gasteiger partial charge in [0.25, 0.3) is 5.91 Å². The van der Waals surface area contributed by atoms with E-state index in [1.165, 1.54) is 0 Å². The van der Waals surface area contributed by atoms with Crippen LogP contribution in [0.5, 0.6) is 0 Å². The third kappa shape index (κ3) is 3.88. The van der Waals surface area contributed by atoms with Crippen molar-refractivity contribution in [2.24, 2.45) is 0 Å². The number of amides is 1. The molecule has 104 valence electrons. The second kappa shape index (κ2) is 6.30. The van der Waals surface area contributed by atoms with E-state index in [2.05, 4.69) is 34.3 Å². The molecule has 2 rings (SSSR count). The van der Waals surface area contributed by atoms with Crippen molar-refractivity contribution in [1.82, 2.24) is 20.4 Å². The SMILES string of the molecule is CC(C)N1CCC(NC(=O)c2ccc(Cl)nn2)CC1. The molecular formula is C13H19ClN4O. The first kappa shape index (κ1) is 14.2. The van der Waals surface area contributed by atoms with Crippen molar-refractivity contribution < 1.29 is 4.79 Å². The van der Waals surface area contributed by atoms with E-state index in [0.717, 1.165) is 25.9 Å². The maximum Gasteiger partial charge on any atom is 0.272 e. The number of nitrogens with one attached hydrogen (secondary N) is 1. The smallest absolute Gasteiger partial charge is 0.272 e. The summed E-state index contributed by atoms with van der Waals surface area (Å²) in [5, 5.41) is 10.8. The minimum atomic E-state index is -0.174. The Kier molecular flexibility index (Phi) is 4.71. The van der Waals surface area contributed by atoms with Crippen LogP contribution < -0.4 is 5.32 Å². The number of nitrogens with zero attached hydrogens (tertiary/aromatic N) is 3. The second-order valence-corrected chi connectivity index (χ2v) is 5.51. The van der Waals surface area contributed by atoms with Crippen molar-refractivity contribution in [3.05, 3.63) is 23.0 Å². The average Bonchev–Trinajstić information content (AvgIpc) is 2.40. The Hall–Kier alpha value is -1.20. The standard InChI is InChI=1S/C13H19ClN4O/c1-9(2)18-7-5-10(6-8-18)15-13(19)11-3-4-12(14)17-16-11/h3-4,9-10H,5-8H2,1-2H3,(H,15,19). The lowest BCUT2D eigenvalue weighted by Gasteiger charge is -2.34. The third-order valence-electron chi connectivity index (χ3n) is 3.46. The summed E-state index contributed by atoms with van der Waals surface area (Å²) in [7, 11) is 0. The van der Waals surface area contributed by atoms with Crippen LogP contribution in [0.1, 0.15) is 37.2 Å². The molecule has 1 amide bonds. The van der Waals surface area contributed by atoms with Gasteiger partial charge in [0.1, 0.15) is 0 Å². The first-order valence-electron chi connectivity index (χ1n) is 6.60. The maximum atomic E-state index is 12.0. The molecule has 0 aromatic carbocycles. The minimum Gasteiger partial charge on any atom is -0.348 e. The minimum absolute atomic E-state index is 0.174. The number of hydrogen-bond acceptors (Lipinski definition) is 4. The fraction of sp³-hybridized carbons (Fsp3) is 0.615. The topological polar surface area (TPSA) is 58.1 Å². The van der Waals surface area contributed by atoms with Crippen molar-refractivity contribution in [3.63, 3.8) is 0 Å². The van der Waals surface area contributed by atoms with Gasteiger partial charge in [0, 0.05) is 25.2 Å². The number of rotatable bonds is 3. The van der Waals surface area contributed by atoms with Gasteiger partial charge in [-0.1, -0.05) is 11.6 Å². The van der Waals surface area contributed by atoms with E-state index in [0.29, 0.717) is 16.9 Å². The molecule has 1 aromatic heterocycles. The molecule has 0 bridgehead atoms. The molecule has 2 heterocycles. The van der Waals surface area contributed by atoms with Crippen LogP contribution in [-0.2, 0) is 0 Å². The van der Waals surface area contributed by atoms with E-state index >= 15 is 0 Å². The number of carbonyl (C=O) groups excluding carboxylic acids is 1. The summed E-state index contributed by atoms with van der Waals surface area (Å²) in [4.78, 5) is 14.4. The molecule has 1 fully saturated rings. The van der Waals surface area contributed by atoms with E-state index in [9.17, 15) is 4.79 Å². The Labute approximate surface area is 118 Å². The summed E-state index contributed by atoms with van der Waals surface area (Å²) < 4.78 is 0. The molecule has 1 aromatic rings. The number of halogens is 1. The summed E-state index contributed by atoms with van der Waals surface area (Å²) in [6.45, 7) is 6.44. The Morgan fingerprint density at radius 2 is 2.05 bits per heavy atom. The molecule has 0 atom stereocenters. The van der Waals surface area contributed by atoms with E-state index in [-0.39, 0.29) is 11.9 Å². The highest BCUT2D eigenvalue weighted by atomic mass is 35.5. The number of hydrogen-bond donors (Lipinski definition) is 1. The maximum absolute atomic E-state index is 12.0. The summed E-state index contributed by atoms with van der Waals surface area (Å²) in [5.74, 6) is -0.174. The van der Waals surface area contributed by atoms with Crippen molar-refractivity contribution in [1.29, 1.82) is 0 Å². The summed E-state index contributed by atoms with van der Waals surface area (Å²) in [5.41, 5.74) is 0.315. The van der Waals surface area contributed by atoms with Gasteiger partial charge in [-0.15, -0.1) is 10.2 Å². The first-order valence-corrected chi connectivity index (χ1v) is 6.98. The summed E-state index contributed by atoms with van der Waals surface area (Å²) in [6.07, 6.45) is 1.95. The second-order valence-electron chi connectivity index (χ2n) is 5.12. The van der Waals surface area contributed by atoms with Gasteiger partial charge < -0.3 is 10.2 Å². The van der Waals surface area contributed by atoms with E-state index in [1.54, 1.807) is 12.1 Å². The van der Waals surface area contributed by atoms with E-state index in [1.807, 2.05) is 0 Å². The molecule has 19 heavy (non-hydrogen) atoms. The fourth-order valence-electron chi connectivity index (χ4n) is 2.26. The zero-order chi connectivity index (χ0) is 13.8. The highest BCUT2D eigenvalue weighted by Crippen LogP contribution is 2.13. The lowest BCUT2D eigenvalue weighted by Crippen LogP contribution is -2.46. The summed E-state index contributed by atoms with van der Waals surface area (Å²) in [6, 6.07) is 3.96. The number of piperidine rings is 1. The number of likely N-dealkylation sites (tertiary alicyclic amines) is 1. The molecule has 1 aliphatic heterocycles. The van der Waals surface area contributed by atoms with Crippen LogP contribution in [-0.4, -0.2) is 46.2 Å². The molecule has 0 unspecified atom stereocenters. The van der Waals surface area contributed by atoms with Crippen LogP contribution in [0.3, 0.4) is 0 Å². The fourth-order valence-corrected chi connectivity index (χ4v) is 2.36. The van der Waals surface area contributed by atoms with Crippen LogP contribution >= 0.6 is 11.6 Å². The Morgan fingerprint density at radius 1 is 1.37 bits per heavy atom. The monoisotopic (exact) mass is 282 g/mol. The van der Waals surface area contributed by atoms with Crippen molar-refractivity contribution in [2.75, 3.05) is 13.1 Å². The predicted molar refractivity (Wildman–Crippen MR) is 74.2 cm³/mol. The predicted octanol–water partition coefficient (Wildman–Crippen LogP) is 1.73. The first-order chi connectivity index (χ1) is 9.06. The quantitative estimate of drug-likeness (QED) is 0.917. The normalized spacial score (nSPS) is 17.7. The molecule has 0 aliphatic carbocycles. The van der Waals surface area contributed by atoms with Gasteiger partial charge >= 0.3 is 0 Å². The van der Waals surface area contributed by atoms with Crippen molar-refractivity contribution in [2.45, 2.75) is 38.8 Å². The van der Waals surface area contributed by atoms with E-state index in [4.69, 9.17) is 11.6 Å². The van der Waals surface area contributed by atoms with Crippen LogP contribution in [0.4, 0.5) is 0 Å². The van der Waals surface area contributed by atoms with E-state index < -0.39 is 0 Å². The molecule has 1 saturated heterocycles. The third-order valence-corrected chi connectivity index (χ3v) is 3.66. The number of carbonyl (C=O) groups is 1. The van der Waals surface area contributed by atoms with Crippen molar-refractivity contribution in [3.8, 4) is 0 Å². The molecule has 0 spiro atoms. The molecule has 1 aliphatic rings. The van der Waals surface area contributed by atoms with Gasteiger partial charge in [-0.25, -0.2) is 0 Å². The average molecular weight is 283 g/mol. The Morgan fingerprint density at radius 3 is 2.58 bits per heavy atom. The van der Waals surface area contributed by atoms with Crippen LogP contribution in [0.25, 0.3) is 0 Å². The van der Waals surface area contributed by atoms with Crippen LogP contribution in [0, 0.1) is 0 Å². The molecule has 6 heteroatoms. The zero-order valence-electron chi connectivity index (χ0n) is 11.3. The van der Waals surface area contributed by atoms with Crippen molar-refractivity contribution >= 4 is 17.5 Å². The van der Waals surface area contributed by atoms with Crippen LogP contribution in [0.15, 0.2) is 12.1 Å². The largest absolute Gasteiger partial charge is 0.348 e. The summed E-state index contributed by atoms with van der Waals surface area (Å²) >= 11 is 5.64. The highest BCUT2D eigenvalue weighted by molar-refractivity contribution is 6.29. The van der Waals surface area contributed by atoms with Gasteiger partial charge in [0.05, 0.1) is 0 Å². The molecule has 5 nitrogen and oxygen atoms in total. The van der Waals surface area contributed by atoms with Gasteiger partial charge in [-0.05, 0) is 38.8 Å². The lowest BCUT2D eigenvalue weighted by atomic mass is 10.0. The van der Waals surface area contributed by atoms with Gasteiger partial charge in [-0.2, -0.15) is 0 Å². The zero-order valence-corrected chi connectivity index (χ0v) is 12.0. The lowest BCUT2D eigenvalue weighted by molar-refractivity contribution is 0.0894. The molecular weight excluding hydrogens is 264 g/mol. The highest BCUT2D eigenvalue weighted by Gasteiger charge is 2.22. The molecule has 1 N–H and O–H groups in total. The molecule has 0 saturated carbocycles.